The Labute approximate surface area is 155 Å². The highest BCUT2D eigenvalue weighted by molar-refractivity contribution is 5.85. The van der Waals surface area contributed by atoms with Crippen LogP contribution in [0.15, 0.2) is 24.3 Å². The van der Waals surface area contributed by atoms with Crippen LogP contribution < -0.4 is 4.74 Å². The number of piperidine rings is 1. The lowest BCUT2D eigenvalue weighted by atomic mass is 9.97. The van der Waals surface area contributed by atoms with Crippen LogP contribution in [0.2, 0.25) is 0 Å². The Hall–Kier alpha value is -3.17. The maximum atomic E-state index is 12.3. The summed E-state index contributed by atoms with van der Waals surface area (Å²) in [6, 6.07) is 5.71. The number of hydrogen-bond acceptors (Lipinski definition) is 6. The van der Waals surface area contributed by atoms with Crippen molar-refractivity contribution in [3.63, 3.8) is 0 Å². The van der Waals surface area contributed by atoms with Crippen LogP contribution in [0.4, 0.5) is 5.69 Å². The van der Waals surface area contributed by atoms with E-state index in [-0.39, 0.29) is 23.9 Å². The van der Waals surface area contributed by atoms with Gasteiger partial charge in [0.15, 0.2) is 12.4 Å². The monoisotopic (exact) mass is 379 g/mol. The molecule has 1 aliphatic rings. The lowest BCUT2D eigenvalue weighted by Crippen LogP contribution is -2.46. The zero-order valence-corrected chi connectivity index (χ0v) is 14.9. The Bertz CT molecular complexity index is 729. The molecule has 0 atom stereocenters. The van der Waals surface area contributed by atoms with Crippen molar-refractivity contribution in [2.24, 2.45) is 5.92 Å². The fourth-order valence-corrected chi connectivity index (χ4v) is 2.75. The molecule has 10 heteroatoms. The molecule has 2 rings (SSSR count). The third-order valence-electron chi connectivity index (χ3n) is 4.41. The highest BCUT2D eigenvalue weighted by Crippen LogP contribution is 2.25. The topological polar surface area (TPSA) is 130 Å². The number of nitro benzene ring substituents is 1. The maximum Gasteiger partial charge on any atom is 0.310 e. The molecule has 1 aromatic rings. The molecule has 146 valence electrons. The summed E-state index contributed by atoms with van der Waals surface area (Å²) in [7, 11) is 1.44. The SMILES string of the molecule is CN(CC(=O)N1CCC(C(=O)O)CC1)C(=O)COc1ccccc1[N+](=O)[O-]. The van der Waals surface area contributed by atoms with Gasteiger partial charge in [-0.2, -0.15) is 0 Å². The fraction of sp³-hybridized carbons (Fsp3) is 0.471. The third-order valence-corrected chi connectivity index (χ3v) is 4.41. The molecule has 1 aliphatic heterocycles. The van der Waals surface area contributed by atoms with Gasteiger partial charge in [0.05, 0.1) is 17.4 Å². The van der Waals surface area contributed by atoms with Crippen LogP contribution >= 0.6 is 0 Å². The normalized spacial score (nSPS) is 14.5. The molecule has 1 N–H and O–H groups in total. The standard InChI is InChI=1S/C17H21N3O7/c1-18(10-15(21)19-8-6-12(7-9-19)17(23)24)16(22)11-27-14-5-3-2-4-13(14)20(25)26/h2-5,12H,6-11H2,1H3,(H,23,24). The number of benzene rings is 1. The molecule has 0 bridgehead atoms. The van der Waals surface area contributed by atoms with E-state index in [4.69, 9.17) is 9.84 Å². The van der Waals surface area contributed by atoms with Gasteiger partial charge in [-0.15, -0.1) is 0 Å². The summed E-state index contributed by atoms with van der Waals surface area (Å²) in [5, 5.41) is 19.9. The van der Waals surface area contributed by atoms with Gasteiger partial charge in [0.2, 0.25) is 5.91 Å². The Balaban J connectivity index is 1.83. The number of nitro groups is 1. The number of aliphatic carboxylic acids is 1. The smallest absolute Gasteiger partial charge is 0.310 e. The number of nitrogens with zero attached hydrogens (tertiary/aromatic N) is 3. The summed E-state index contributed by atoms with van der Waals surface area (Å²) in [5.74, 6) is -2.10. The van der Waals surface area contributed by atoms with Gasteiger partial charge in [-0.1, -0.05) is 12.1 Å². The van der Waals surface area contributed by atoms with Crippen molar-refractivity contribution in [2.45, 2.75) is 12.8 Å². The molecule has 1 heterocycles. The molecule has 0 aromatic heterocycles. The van der Waals surface area contributed by atoms with E-state index in [0.717, 1.165) is 0 Å². The van der Waals surface area contributed by atoms with Gasteiger partial charge >= 0.3 is 11.7 Å². The average Bonchev–Trinajstić information content (AvgIpc) is 2.66. The second kappa shape index (κ2) is 8.97. The summed E-state index contributed by atoms with van der Waals surface area (Å²) < 4.78 is 5.23. The molecule has 1 aromatic carbocycles. The van der Waals surface area contributed by atoms with E-state index in [1.807, 2.05) is 0 Å². The maximum absolute atomic E-state index is 12.3. The van der Waals surface area contributed by atoms with Crippen LogP contribution in [0.3, 0.4) is 0 Å². The Morgan fingerprint density at radius 1 is 1.30 bits per heavy atom. The van der Waals surface area contributed by atoms with Crippen LogP contribution in [0, 0.1) is 16.0 Å². The summed E-state index contributed by atoms with van der Waals surface area (Å²) >= 11 is 0. The van der Waals surface area contributed by atoms with E-state index in [1.165, 1.54) is 35.0 Å². The Morgan fingerprint density at radius 2 is 1.93 bits per heavy atom. The Kier molecular flexibility index (Phi) is 6.69. The zero-order chi connectivity index (χ0) is 20.0. The molecule has 10 nitrogen and oxygen atoms in total. The molecular weight excluding hydrogens is 358 g/mol. The zero-order valence-electron chi connectivity index (χ0n) is 14.9. The first-order chi connectivity index (χ1) is 12.8. The predicted octanol–water partition coefficient (Wildman–Crippen LogP) is 0.755. The van der Waals surface area contributed by atoms with Crippen LogP contribution in [0.1, 0.15) is 12.8 Å². The van der Waals surface area contributed by atoms with Gasteiger partial charge < -0.3 is 19.6 Å². The van der Waals surface area contributed by atoms with Crippen molar-refractivity contribution in [3.8, 4) is 5.75 Å². The molecule has 0 saturated carbocycles. The van der Waals surface area contributed by atoms with Crippen molar-refractivity contribution >= 4 is 23.5 Å². The van der Waals surface area contributed by atoms with E-state index in [2.05, 4.69) is 0 Å². The van der Waals surface area contributed by atoms with Crippen LogP contribution in [0.5, 0.6) is 5.75 Å². The number of ether oxygens (including phenoxy) is 1. The summed E-state index contributed by atoms with van der Waals surface area (Å²) in [5.41, 5.74) is -0.245. The third kappa shape index (κ3) is 5.40. The number of likely N-dealkylation sites (N-methyl/N-ethyl adjacent to an activating group) is 1. The lowest BCUT2D eigenvalue weighted by Gasteiger charge is -2.31. The molecule has 1 fully saturated rings. The Morgan fingerprint density at radius 3 is 2.52 bits per heavy atom. The van der Waals surface area contributed by atoms with Crippen LogP contribution in [0.25, 0.3) is 0 Å². The molecular formula is C17H21N3O7. The van der Waals surface area contributed by atoms with Crippen LogP contribution in [-0.2, 0) is 14.4 Å². The van der Waals surface area contributed by atoms with E-state index < -0.39 is 29.3 Å². The molecule has 27 heavy (non-hydrogen) atoms. The number of carbonyl (C=O) groups excluding carboxylic acids is 2. The molecule has 1 saturated heterocycles. The van der Waals surface area contributed by atoms with Gasteiger partial charge in [0.25, 0.3) is 5.91 Å². The highest BCUT2D eigenvalue weighted by atomic mass is 16.6. The van der Waals surface area contributed by atoms with Crippen molar-refractivity contribution < 1.29 is 29.2 Å². The molecule has 0 spiro atoms. The van der Waals surface area contributed by atoms with Crippen molar-refractivity contribution in [3.05, 3.63) is 34.4 Å². The number of hydrogen-bond donors (Lipinski definition) is 1. The number of carbonyl (C=O) groups is 3. The first kappa shape index (κ1) is 20.1. The second-order valence-electron chi connectivity index (χ2n) is 6.26. The van der Waals surface area contributed by atoms with Crippen molar-refractivity contribution in [1.82, 2.24) is 9.80 Å². The minimum Gasteiger partial charge on any atom is -0.481 e. The number of carboxylic acids is 1. The molecule has 0 radical (unpaired) electrons. The lowest BCUT2D eigenvalue weighted by molar-refractivity contribution is -0.385. The highest BCUT2D eigenvalue weighted by Gasteiger charge is 2.28. The first-order valence-corrected chi connectivity index (χ1v) is 8.40. The van der Waals surface area contributed by atoms with E-state index in [9.17, 15) is 24.5 Å². The molecule has 0 unspecified atom stereocenters. The molecule has 2 amide bonds. The van der Waals surface area contributed by atoms with Gasteiger partial charge in [0, 0.05) is 26.2 Å². The van der Waals surface area contributed by atoms with E-state index in [0.29, 0.717) is 25.9 Å². The summed E-state index contributed by atoms with van der Waals surface area (Å²) in [4.78, 5) is 48.4. The molecule has 0 aliphatic carbocycles. The largest absolute Gasteiger partial charge is 0.481 e. The van der Waals surface area contributed by atoms with Crippen LogP contribution in [-0.4, -0.2) is 70.9 Å². The number of para-hydroxylation sites is 2. The van der Waals surface area contributed by atoms with Crippen molar-refractivity contribution in [1.29, 1.82) is 0 Å². The van der Waals surface area contributed by atoms with Crippen molar-refractivity contribution in [2.75, 3.05) is 33.3 Å². The van der Waals surface area contributed by atoms with Gasteiger partial charge in [-0.25, -0.2) is 0 Å². The van der Waals surface area contributed by atoms with Gasteiger partial charge in [-0.3, -0.25) is 24.5 Å². The average molecular weight is 379 g/mol. The fourth-order valence-electron chi connectivity index (χ4n) is 2.75. The number of carboxylic acid groups (broad SMARTS) is 1. The van der Waals surface area contributed by atoms with E-state index in [1.54, 1.807) is 6.07 Å². The number of likely N-dealkylation sites (tertiary alicyclic amines) is 1. The second-order valence-corrected chi connectivity index (χ2v) is 6.26. The quantitative estimate of drug-likeness (QED) is 0.546. The summed E-state index contributed by atoms with van der Waals surface area (Å²) in [6.07, 6.45) is 0.777. The minimum atomic E-state index is -0.860. The van der Waals surface area contributed by atoms with E-state index >= 15 is 0 Å². The number of amides is 2. The number of rotatable bonds is 7. The predicted molar refractivity (Wildman–Crippen MR) is 93.2 cm³/mol. The van der Waals surface area contributed by atoms with Gasteiger partial charge in [0.1, 0.15) is 0 Å². The first-order valence-electron chi connectivity index (χ1n) is 8.40. The summed E-state index contributed by atoms with van der Waals surface area (Å²) in [6.45, 7) is 0.0710. The van der Waals surface area contributed by atoms with Gasteiger partial charge in [-0.05, 0) is 18.9 Å². The minimum absolute atomic E-state index is 0.0219.